The zero-order valence-electron chi connectivity index (χ0n) is 26.2. The average molecular weight is 653 g/mol. The third-order valence-corrected chi connectivity index (χ3v) is 7.98. The van der Waals surface area contributed by atoms with Gasteiger partial charge in [0.2, 0.25) is 0 Å². The van der Waals surface area contributed by atoms with E-state index in [-0.39, 0.29) is 19.8 Å². The maximum absolute atomic E-state index is 11.6. The van der Waals surface area contributed by atoms with Crippen molar-refractivity contribution in [2.24, 2.45) is 0 Å². The van der Waals surface area contributed by atoms with Crippen LogP contribution in [0.3, 0.4) is 0 Å². The number of methoxy groups -OCH3 is 1. The molecule has 256 valence electrons. The van der Waals surface area contributed by atoms with E-state index in [1.807, 2.05) is 26.0 Å². The van der Waals surface area contributed by atoms with Gasteiger partial charge in [-0.15, -0.1) is 0 Å². The molecule has 10 atom stereocenters. The molecule has 0 radical (unpaired) electrons. The van der Waals surface area contributed by atoms with Crippen LogP contribution >= 0.6 is 0 Å². The maximum Gasteiger partial charge on any atom is 0.336 e. The zero-order valence-corrected chi connectivity index (χ0v) is 26.2. The average Bonchev–Trinajstić information content (AvgIpc) is 3.03. The number of aliphatic hydroxyl groups is 6. The van der Waals surface area contributed by atoms with Crippen molar-refractivity contribution in [1.29, 1.82) is 0 Å². The summed E-state index contributed by atoms with van der Waals surface area (Å²) in [5.41, 5.74) is 1.87. The summed E-state index contributed by atoms with van der Waals surface area (Å²) in [6.45, 7) is 5.31. The summed E-state index contributed by atoms with van der Waals surface area (Å²) in [7, 11) is 1.53. The van der Waals surface area contributed by atoms with Crippen molar-refractivity contribution in [2.75, 3.05) is 26.9 Å². The van der Waals surface area contributed by atoms with E-state index in [2.05, 4.69) is 0 Å². The zero-order chi connectivity index (χ0) is 33.5. The first-order chi connectivity index (χ1) is 21.9. The van der Waals surface area contributed by atoms with Crippen LogP contribution in [0, 0.1) is 0 Å². The Bertz CT molecular complexity index is 1400. The Kier molecular flexibility index (Phi) is 12.7. The van der Waals surface area contributed by atoms with Crippen LogP contribution in [0.1, 0.15) is 33.6 Å². The highest BCUT2D eigenvalue weighted by molar-refractivity contribution is 5.80. The fourth-order valence-corrected chi connectivity index (χ4v) is 5.08. The van der Waals surface area contributed by atoms with E-state index in [0.29, 0.717) is 23.5 Å². The van der Waals surface area contributed by atoms with E-state index in [4.69, 9.17) is 32.8 Å². The fourth-order valence-electron chi connectivity index (χ4n) is 5.08. The van der Waals surface area contributed by atoms with Crippen LogP contribution in [0.4, 0.5) is 0 Å². The van der Waals surface area contributed by atoms with Gasteiger partial charge in [0, 0.05) is 17.5 Å². The molecule has 2 aromatic rings. The van der Waals surface area contributed by atoms with Crippen LogP contribution in [0.5, 0.6) is 11.5 Å². The van der Waals surface area contributed by atoms with E-state index >= 15 is 0 Å². The second kappa shape index (κ2) is 16.3. The Morgan fingerprint density at radius 1 is 0.826 bits per heavy atom. The molecule has 0 bridgehead atoms. The molecular formula is C32H44O14. The molecule has 0 saturated carbocycles. The molecule has 1 aromatic carbocycles. The summed E-state index contributed by atoms with van der Waals surface area (Å²) in [4.78, 5) is 11.6. The first-order valence-corrected chi connectivity index (χ1v) is 15.1. The monoisotopic (exact) mass is 652 g/mol. The second-order valence-electron chi connectivity index (χ2n) is 11.6. The SMILES string of the molecule is COc1cc2ccc(=O)oc2cc1OCC=C(C)CCC=C(C)CO[C@@H]1O[C@H](CO[C@@H]2O[C@@H](C)[C@H](O)[C@@H](O)[C@H]2O)[C@@H](O)[C@H](O)[C@H]1O. The number of benzene rings is 1. The molecule has 1 aromatic heterocycles. The standard InChI is InChI=1S/C32H44O14/c1-16(10-11-41-22-13-20-19(12-21(22)40-4)8-9-24(33)45-20)6-5-7-17(2)14-42-32-30(39)28(37)26(35)23(46-32)15-43-31-29(38)27(36)25(34)18(3)44-31/h7-10,12-13,18,23,25-32,34-39H,5-6,11,14-15H2,1-4H3/t18-,23+,25-,26+,27+,28-,29+,30+,31+,32+/m0/s1. The molecule has 0 spiro atoms. The number of rotatable bonds is 13. The number of hydrogen-bond donors (Lipinski definition) is 6. The summed E-state index contributed by atoms with van der Waals surface area (Å²) in [6.07, 6.45) is -8.23. The van der Waals surface area contributed by atoms with Crippen LogP contribution in [-0.4, -0.2) is 119 Å². The molecule has 6 N–H and O–H groups in total. The van der Waals surface area contributed by atoms with Crippen LogP contribution in [0.25, 0.3) is 11.0 Å². The normalized spacial score (nSPS) is 32.5. The number of aliphatic hydroxyl groups excluding tert-OH is 6. The Hall–Kier alpha value is -2.89. The number of fused-ring (bicyclic) bond motifs is 1. The van der Waals surface area contributed by atoms with Crippen molar-refractivity contribution in [3.63, 3.8) is 0 Å². The van der Waals surface area contributed by atoms with Gasteiger partial charge in [0.15, 0.2) is 24.1 Å². The lowest BCUT2D eigenvalue weighted by Crippen LogP contribution is -2.61. The van der Waals surface area contributed by atoms with Gasteiger partial charge in [0.05, 0.1) is 26.4 Å². The first kappa shape index (κ1) is 36.0. The summed E-state index contributed by atoms with van der Waals surface area (Å²) in [5.74, 6) is 0.971. The molecule has 0 aliphatic carbocycles. The maximum atomic E-state index is 11.6. The molecule has 2 fully saturated rings. The van der Waals surface area contributed by atoms with E-state index in [0.717, 1.165) is 23.0 Å². The van der Waals surface area contributed by atoms with Gasteiger partial charge in [-0.05, 0) is 51.8 Å². The highest BCUT2D eigenvalue weighted by Gasteiger charge is 2.46. The summed E-state index contributed by atoms with van der Waals surface area (Å²) < 4.78 is 38.7. The third kappa shape index (κ3) is 8.92. The van der Waals surface area contributed by atoms with Gasteiger partial charge in [0.25, 0.3) is 0 Å². The topological polar surface area (TPSA) is 207 Å². The third-order valence-electron chi connectivity index (χ3n) is 7.98. The Balaban J connectivity index is 1.23. The molecule has 2 aliphatic rings. The highest BCUT2D eigenvalue weighted by Crippen LogP contribution is 2.32. The van der Waals surface area contributed by atoms with Crippen molar-refractivity contribution >= 4 is 11.0 Å². The Morgan fingerprint density at radius 2 is 1.52 bits per heavy atom. The molecule has 2 aliphatic heterocycles. The van der Waals surface area contributed by atoms with E-state index in [1.165, 1.54) is 20.1 Å². The number of hydrogen-bond acceptors (Lipinski definition) is 14. The van der Waals surface area contributed by atoms with Crippen molar-refractivity contribution in [1.82, 2.24) is 0 Å². The lowest BCUT2D eigenvalue weighted by atomic mass is 9.98. The molecule has 14 nitrogen and oxygen atoms in total. The van der Waals surface area contributed by atoms with Crippen LogP contribution in [0.2, 0.25) is 0 Å². The molecule has 46 heavy (non-hydrogen) atoms. The van der Waals surface area contributed by atoms with Gasteiger partial charge in [-0.3, -0.25) is 0 Å². The second-order valence-corrected chi connectivity index (χ2v) is 11.6. The van der Waals surface area contributed by atoms with Gasteiger partial charge in [-0.1, -0.05) is 17.2 Å². The quantitative estimate of drug-likeness (QED) is 0.129. The van der Waals surface area contributed by atoms with Gasteiger partial charge in [-0.25, -0.2) is 4.79 Å². The number of ether oxygens (including phenoxy) is 6. The van der Waals surface area contributed by atoms with Crippen molar-refractivity contribution in [2.45, 2.75) is 95.0 Å². The molecular weight excluding hydrogens is 608 g/mol. The molecule has 4 rings (SSSR count). The summed E-state index contributed by atoms with van der Waals surface area (Å²) in [5, 5.41) is 61.9. The first-order valence-electron chi connectivity index (χ1n) is 15.1. The smallest absolute Gasteiger partial charge is 0.336 e. The van der Waals surface area contributed by atoms with Gasteiger partial charge >= 0.3 is 5.63 Å². The van der Waals surface area contributed by atoms with Gasteiger partial charge in [0.1, 0.15) is 54.9 Å². The molecule has 0 amide bonds. The molecule has 3 heterocycles. The number of allylic oxidation sites excluding steroid dienone is 2. The van der Waals surface area contributed by atoms with Crippen LogP contribution in [0.15, 0.2) is 56.8 Å². The lowest BCUT2D eigenvalue weighted by molar-refractivity contribution is -0.327. The van der Waals surface area contributed by atoms with Crippen molar-refractivity contribution in [3.05, 3.63) is 58.0 Å². The van der Waals surface area contributed by atoms with Gasteiger partial charge in [-0.2, -0.15) is 0 Å². The summed E-state index contributed by atoms with van der Waals surface area (Å²) in [6, 6.07) is 6.37. The molecule has 14 heteroatoms. The van der Waals surface area contributed by atoms with Crippen LogP contribution in [-0.2, 0) is 18.9 Å². The predicted octanol–water partition coefficient (Wildman–Crippen LogP) is 0.521. The van der Waals surface area contributed by atoms with E-state index in [1.54, 1.807) is 18.2 Å². The Morgan fingerprint density at radius 3 is 2.24 bits per heavy atom. The Labute approximate surface area is 266 Å². The van der Waals surface area contributed by atoms with Crippen molar-refractivity contribution in [3.8, 4) is 11.5 Å². The summed E-state index contributed by atoms with van der Waals surface area (Å²) >= 11 is 0. The minimum Gasteiger partial charge on any atom is -0.493 e. The highest BCUT2D eigenvalue weighted by atomic mass is 16.7. The van der Waals surface area contributed by atoms with Crippen molar-refractivity contribution < 1.29 is 63.5 Å². The van der Waals surface area contributed by atoms with Gasteiger partial charge < -0.3 is 63.5 Å². The fraction of sp³-hybridized carbons (Fsp3) is 0.594. The predicted molar refractivity (Wildman–Crippen MR) is 162 cm³/mol. The largest absolute Gasteiger partial charge is 0.493 e. The minimum absolute atomic E-state index is 0.0773. The van der Waals surface area contributed by atoms with Crippen LogP contribution < -0.4 is 15.1 Å². The minimum atomic E-state index is -1.59. The lowest BCUT2D eigenvalue weighted by Gasteiger charge is -2.42. The van der Waals surface area contributed by atoms with E-state index < -0.39 is 67.0 Å². The van der Waals surface area contributed by atoms with E-state index in [9.17, 15) is 35.4 Å². The molecule has 2 saturated heterocycles. The molecule has 0 unspecified atom stereocenters.